The van der Waals surface area contributed by atoms with Crippen LogP contribution in [0.2, 0.25) is 0 Å². The van der Waals surface area contributed by atoms with Crippen molar-refractivity contribution in [3.05, 3.63) is 41.5 Å². The Bertz CT molecular complexity index is 428. The van der Waals surface area contributed by atoms with E-state index < -0.39 is 5.82 Å². The Morgan fingerprint density at radius 2 is 2.41 bits per heavy atom. The van der Waals surface area contributed by atoms with Crippen LogP contribution in [-0.4, -0.2) is 30.5 Å². The zero-order valence-corrected chi connectivity index (χ0v) is 9.37. The predicted octanol–water partition coefficient (Wildman–Crippen LogP) is 0.870. The highest BCUT2D eigenvalue weighted by Gasteiger charge is 2.08. The summed E-state index contributed by atoms with van der Waals surface area (Å²) in [5.74, 6) is -0.716. The molecule has 2 rings (SSSR count). The summed E-state index contributed by atoms with van der Waals surface area (Å²) >= 11 is 0. The maximum atomic E-state index is 12.6. The maximum absolute atomic E-state index is 12.6. The fraction of sp³-hybridized carbons (Fsp3) is 0.333. The van der Waals surface area contributed by atoms with E-state index in [4.69, 9.17) is 0 Å². The number of rotatable bonds is 3. The van der Waals surface area contributed by atoms with Crippen LogP contribution < -0.4 is 10.6 Å². The lowest BCUT2D eigenvalue weighted by Crippen LogP contribution is -2.30. The zero-order chi connectivity index (χ0) is 12.1. The number of carbonyl (C=O) groups is 1. The number of aromatic nitrogens is 1. The van der Waals surface area contributed by atoms with Crippen LogP contribution in [0.1, 0.15) is 16.9 Å². The number of hydrogen-bond acceptors (Lipinski definition) is 3. The van der Waals surface area contributed by atoms with Gasteiger partial charge in [-0.25, -0.2) is 9.37 Å². The molecule has 0 atom stereocenters. The minimum atomic E-state index is -0.442. The minimum absolute atomic E-state index is 0.237. The summed E-state index contributed by atoms with van der Waals surface area (Å²) in [7, 11) is 0. The molecular formula is C12H14FN3O. The topological polar surface area (TPSA) is 54.0 Å². The second-order valence-corrected chi connectivity index (χ2v) is 3.86. The fourth-order valence-electron chi connectivity index (χ4n) is 1.62. The maximum Gasteiger partial charge on any atom is 0.270 e. The first-order valence-electron chi connectivity index (χ1n) is 5.54. The quantitative estimate of drug-likeness (QED) is 0.764. The summed E-state index contributed by atoms with van der Waals surface area (Å²) in [5, 5.41) is 5.97. The summed E-state index contributed by atoms with van der Waals surface area (Å²) in [6.45, 7) is 2.32. The third kappa shape index (κ3) is 3.35. The molecule has 2 N–H and O–H groups in total. The van der Waals surface area contributed by atoms with Crippen LogP contribution in [0.3, 0.4) is 0 Å². The molecule has 2 heterocycles. The van der Waals surface area contributed by atoms with Gasteiger partial charge >= 0.3 is 0 Å². The molecule has 90 valence electrons. The van der Waals surface area contributed by atoms with Crippen LogP contribution >= 0.6 is 0 Å². The molecule has 0 spiro atoms. The molecule has 0 bridgehead atoms. The van der Waals surface area contributed by atoms with Gasteiger partial charge in [-0.3, -0.25) is 4.79 Å². The molecule has 0 saturated heterocycles. The molecule has 1 aromatic rings. The minimum Gasteiger partial charge on any atom is -0.347 e. The van der Waals surface area contributed by atoms with Gasteiger partial charge in [0.2, 0.25) is 0 Å². The van der Waals surface area contributed by atoms with Crippen molar-refractivity contribution >= 4 is 5.91 Å². The molecule has 0 fully saturated rings. The van der Waals surface area contributed by atoms with Crippen molar-refractivity contribution in [3.8, 4) is 0 Å². The summed E-state index contributed by atoms with van der Waals surface area (Å²) in [6, 6.07) is 2.60. The normalized spacial score (nSPS) is 15.2. The summed E-state index contributed by atoms with van der Waals surface area (Å²) in [5.41, 5.74) is 1.44. The standard InChI is InChI=1S/C12H14FN3O/c13-10-1-2-11(15-8-10)12(17)16-7-9-3-5-14-6-4-9/h1-3,8,14H,4-7H2,(H,16,17). The lowest BCUT2D eigenvalue weighted by molar-refractivity contribution is 0.0951. The molecular weight excluding hydrogens is 221 g/mol. The average Bonchev–Trinajstić information content (AvgIpc) is 2.38. The lowest BCUT2D eigenvalue weighted by atomic mass is 10.1. The largest absolute Gasteiger partial charge is 0.347 e. The Labute approximate surface area is 98.9 Å². The number of pyridine rings is 1. The van der Waals surface area contributed by atoms with E-state index in [1.807, 2.05) is 0 Å². The Kier molecular flexibility index (Phi) is 3.82. The van der Waals surface area contributed by atoms with Crippen LogP contribution in [0.4, 0.5) is 4.39 Å². The number of halogens is 1. The molecule has 4 nitrogen and oxygen atoms in total. The lowest BCUT2D eigenvalue weighted by Gasteiger charge is -2.14. The van der Waals surface area contributed by atoms with Gasteiger partial charge in [-0.15, -0.1) is 0 Å². The van der Waals surface area contributed by atoms with Crippen LogP contribution in [-0.2, 0) is 0 Å². The van der Waals surface area contributed by atoms with Gasteiger partial charge < -0.3 is 10.6 Å². The smallest absolute Gasteiger partial charge is 0.270 e. The van der Waals surface area contributed by atoms with Gasteiger partial charge in [0.1, 0.15) is 11.5 Å². The first-order valence-corrected chi connectivity index (χ1v) is 5.54. The van der Waals surface area contributed by atoms with Gasteiger partial charge in [0.05, 0.1) is 6.20 Å². The van der Waals surface area contributed by atoms with Crippen molar-refractivity contribution in [3.63, 3.8) is 0 Å². The van der Waals surface area contributed by atoms with Crippen LogP contribution in [0.25, 0.3) is 0 Å². The summed E-state index contributed by atoms with van der Waals surface area (Å²) in [6.07, 6.45) is 4.05. The Morgan fingerprint density at radius 1 is 1.53 bits per heavy atom. The summed E-state index contributed by atoms with van der Waals surface area (Å²) < 4.78 is 12.6. The molecule has 0 aliphatic carbocycles. The molecule has 1 amide bonds. The Balaban J connectivity index is 1.88. The van der Waals surface area contributed by atoms with E-state index in [0.717, 1.165) is 25.7 Å². The van der Waals surface area contributed by atoms with Gasteiger partial charge in [0.15, 0.2) is 0 Å². The molecule has 1 aromatic heterocycles. The van der Waals surface area contributed by atoms with Gasteiger partial charge in [-0.1, -0.05) is 11.6 Å². The number of nitrogens with zero attached hydrogens (tertiary/aromatic N) is 1. The number of hydrogen-bond donors (Lipinski definition) is 2. The zero-order valence-electron chi connectivity index (χ0n) is 9.37. The van der Waals surface area contributed by atoms with Crippen LogP contribution in [0.15, 0.2) is 30.0 Å². The van der Waals surface area contributed by atoms with Crippen molar-refractivity contribution in [2.45, 2.75) is 6.42 Å². The van der Waals surface area contributed by atoms with Crippen molar-refractivity contribution in [2.75, 3.05) is 19.6 Å². The van der Waals surface area contributed by atoms with Crippen LogP contribution in [0, 0.1) is 5.82 Å². The fourth-order valence-corrected chi connectivity index (χ4v) is 1.62. The van der Waals surface area contributed by atoms with Crippen molar-refractivity contribution in [2.24, 2.45) is 0 Å². The Hall–Kier alpha value is -1.75. The summed E-state index contributed by atoms with van der Waals surface area (Å²) in [4.78, 5) is 15.4. The third-order valence-electron chi connectivity index (χ3n) is 2.59. The SMILES string of the molecule is O=C(NCC1=CCNCC1)c1ccc(F)cn1. The van der Waals surface area contributed by atoms with Gasteiger partial charge in [-0.2, -0.15) is 0 Å². The van der Waals surface area contributed by atoms with E-state index in [1.165, 1.54) is 17.7 Å². The van der Waals surface area contributed by atoms with Crippen LogP contribution in [0.5, 0.6) is 0 Å². The van der Waals surface area contributed by atoms with Crippen molar-refractivity contribution < 1.29 is 9.18 Å². The van der Waals surface area contributed by atoms with Crippen molar-refractivity contribution in [1.82, 2.24) is 15.6 Å². The highest BCUT2D eigenvalue weighted by atomic mass is 19.1. The molecule has 0 radical (unpaired) electrons. The third-order valence-corrected chi connectivity index (χ3v) is 2.59. The van der Waals surface area contributed by atoms with E-state index in [9.17, 15) is 9.18 Å². The van der Waals surface area contributed by atoms with Gasteiger partial charge in [-0.05, 0) is 25.1 Å². The first-order chi connectivity index (χ1) is 8.25. The molecule has 1 aliphatic heterocycles. The predicted molar refractivity (Wildman–Crippen MR) is 62.1 cm³/mol. The molecule has 0 unspecified atom stereocenters. The van der Waals surface area contributed by atoms with E-state index in [2.05, 4.69) is 21.7 Å². The van der Waals surface area contributed by atoms with E-state index in [0.29, 0.717) is 6.54 Å². The van der Waals surface area contributed by atoms with E-state index in [-0.39, 0.29) is 11.6 Å². The van der Waals surface area contributed by atoms with E-state index in [1.54, 1.807) is 0 Å². The monoisotopic (exact) mass is 235 g/mol. The second-order valence-electron chi connectivity index (χ2n) is 3.86. The molecule has 5 heteroatoms. The molecule has 0 aromatic carbocycles. The second kappa shape index (κ2) is 5.54. The average molecular weight is 235 g/mol. The highest BCUT2D eigenvalue weighted by molar-refractivity contribution is 5.92. The number of carbonyl (C=O) groups excluding carboxylic acids is 1. The molecule has 1 aliphatic rings. The van der Waals surface area contributed by atoms with Gasteiger partial charge in [0.25, 0.3) is 5.91 Å². The number of amides is 1. The first kappa shape index (κ1) is 11.7. The molecule has 0 saturated carbocycles. The van der Waals surface area contributed by atoms with E-state index >= 15 is 0 Å². The molecule has 17 heavy (non-hydrogen) atoms. The van der Waals surface area contributed by atoms with Crippen molar-refractivity contribution in [1.29, 1.82) is 0 Å². The van der Waals surface area contributed by atoms with Gasteiger partial charge in [0, 0.05) is 13.1 Å². The highest BCUT2D eigenvalue weighted by Crippen LogP contribution is 2.03. The number of nitrogens with one attached hydrogen (secondary N) is 2. The Morgan fingerprint density at radius 3 is 3.06 bits per heavy atom.